The number of aromatic nitrogens is 4. The molecule has 10 aromatic carbocycles. The van der Waals surface area contributed by atoms with Crippen molar-refractivity contribution in [3.63, 3.8) is 0 Å². The molecule has 62 heavy (non-hydrogen) atoms. The third-order valence-corrected chi connectivity index (χ3v) is 12.0. The van der Waals surface area contributed by atoms with E-state index in [2.05, 4.69) is 218 Å². The summed E-state index contributed by atoms with van der Waals surface area (Å²) in [6.45, 7) is 0. The van der Waals surface area contributed by atoms with Crippen LogP contribution in [0.25, 0.3) is 122 Å². The van der Waals surface area contributed by atoms with Gasteiger partial charge >= 0.3 is 0 Å². The Hall–Kier alpha value is -8.34. The van der Waals surface area contributed by atoms with E-state index < -0.39 is 0 Å². The van der Waals surface area contributed by atoms with E-state index in [1.54, 1.807) is 0 Å². The lowest BCUT2D eigenvalue weighted by atomic mass is 9.97. The molecule has 0 spiro atoms. The summed E-state index contributed by atoms with van der Waals surface area (Å²) in [5.74, 6) is 1.31. The van der Waals surface area contributed by atoms with E-state index in [1.807, 2.05) is 0 Å². The summed E-state index contributed by atoms with van der Waals surface area (Å²) in [4.78, 5) is 21.3. The molecule has 0 bridgehead atoms. The maximum absolute atomic E-state index is 5.34. The van der Waals surface area contributed by atoms with E-state index in [-0.39, 0.29) is 0 Å². The highest BCUT2D eigenvalue weighted by Crippen LogP contribution is 2.38. The standard InChI is InChI=1S/C58H36N4/c1-5-15-41-31-45(27-23-37(41)11-1)53-35-54(46-28-24-38-12-2-6-16-42(38)32-46)60-57(59-53)51-21-9-20-50-49(51)19-10-22-52(50)58-61-55(47-29-25-39-13-3-7-17-43(39)33-47)36-56(62-58)48-30-26-40-14-4-8-18-44(40)34-48/h1-36H. The van der Waals surface area contributed by atoms with Gasteiger partial charge in [0.1, 0.15) is 0 Å². The molecule has 0 aliphatic carbocycles. The highest BCUT2D eigenvalue weighted by Gasteiger charge is 2.18. The fourth-order valence-electron chi connectivity index (χ4n) is 8.82. The van der Waals surface area contributed by atoms with Crippen LogP contribution in [-0.2, 0) is 0 Å². The average molecular weight is 789 g/mol. The minimum Gasteiger partial charge on any atom is -0.228 e. The first kappa shape index (κ1) is 35.6. The largest absolute Gasteiger partial charge is 0.228 e. The Morgan fingerprint density at radius 1 is 0.210 bits per heavy atom. The molecule has 12 rings (SSSR count). The van der Waals surface area contributed by atoms with Crippen molar-refractivity contribution in [2.45, 2.75) is 0 Å². The van der Waals surface area contributed by atoms with E-state index >= 15 is 0 Å². The highest BCUT2D eigenvalue weighted by molar-refractivity contribution is 6.03. The Bertz CT molecular complexity index is 3280. The molecule has 288 valence electrons. The molecular weight excluding hydrogens is 753 g/mol. The lowest BCUT2D eigenvalue weighted by molar-refractivity contribution is 1.18. The molecule has 0 fully saturated rings. The molecule has 4 heteroatoms. The van der Waals surface area contributed by atoms with E-state index in [0.29, 0.717) is 11.6 Å². The van der Waals surface area contributed by atoms with Crippen LogP contribution in [0.5, 0.6) is 0 Å². The quantitative estimate of drug-likeness (QED) is 0.168. The van der Waals surface area contributed by atoms with Crippen molar-refractivity contribution in [2.75, 3.05) is 0 Å². The molecule has 4 nitrogen and oxygen atoms in total. The summed E-state index contributed by atoms with van der Waals surface area (Å²) in [6, 6.07) is 77.0. The van der Waals surface area contributed by atoms with Crippen molar-refractivity contribution in [3.8, 4) is 67.8 Å². The Morgan fingerprint density at radius 2 is 0.484 bits per heavy atom. The summed E-state index contributed by atoms with van der Waals surface area (Å²) in [5, 5.41) is 11.5. The van der Waals surface area contributed by atoms with Gasteiger partial charge in [-0.3, -0.25) is 0 Å². The zero-order valence-electron chi connectivity index (χ0n) is 33.6. The van der Waals surface area contributed by atoms with E-state index in [4.69, 9.17) is 19.9 Å². The molecule has 12 aromatic rings. The van der Waals surface area contributed by atoms with Crippen molar-refractivity contribution in [3.05, 3.63) is 218 Å². The average Bonchev–Trinajstić information content (AvgIpc) is 3.35. The first-order chi connectivity index (χ1) is 30.7. The molecule has 0 unspecified atom stereocenters. The Balaban J connectivity index is 1.05. The first-order valence-corrected chi connectivity index (χ1v) is 20.9. The Labute approximate surface area is 358 Å². The molecule has 0 aliphatic rings. The van der Waals surface area contributed by atoms with Crippen molar-refractivity contribution < 1.29 is 0 Å². The molecule has 0 amide bonds. The summed E-state index contributed by atoms with van der Waals surface area (Å²) >= 11 is 0. The number of hydrogen-bond acceptors (Lipinski definition) is 4. The van der Waals surface area contributed by atoms with Crippen molar-refractivity contribution >= 4 is 53.9 Å². The van der Waals surface area contributed by atoms with Gasteiger partial charge in [-0.15, -0.1) is 0 Å². The number of nitrogens with zero attached hydrogens (tertiary/aromatic N) is 4. The smallest absolute Gasteiger partial charge is 0.161 e. The van der Waals surface area contributed by atoms with Gasteiger partial charge < -0.3 is 0 Å². The first-order valence-electron chi connectivity index (χ1n) is 20.9. The summed E-state index contributed by atoms with van der Waals surface area (Å²) in [7, 11) is 0. The van der Waals surface area contributed by atoms with Crippen LogP contribution >= 0.6 is 0 Å². The van der Waals surface area contributed by atoms with Crippen LogP contribution in [0.3, 0.4) is 0 Å². The second-order valence-corrected chi connectivity index (χ2v) is 15.9. The third kappa shape index (κ3) is 6.42. The van der Waals surface area contributed by atoms with Crippen LogP contribution in [0, 0.1) is 0 Å². The van der Waals surface area contributed by atoms with Gasteiger partial charge in [-0.1, -0.05) is 182 Å². The zero-order valence-corrected chi connectivity index (χ0v) is 33.6. The summed E-state index contributed by atoms with van der Waals surface area (Å²) in [5.41, 5.74) is 9.49. The Morgan fingerprint density at radius 3 is 0.774 bits per heavy atom. The molecule has 0 saturated carbocycles. The maximum Gasteiger partial charge on any atom is 0.161 e. The van der Waals surface area contributed by atoms with Gasteiger partial charge in [0.15, 0.2) is 11.6 Å². The Kier molecular flexibility index (Phi) is 8.46. The second kappa shape index (κ2) is 14.7. The van der Waals surface area contributed by atoms with Crippen LogP contribution in [-0.4, -0.2) is 19.9 Å². The van der Waals surface area contributed by atoms with Gasteiger partial charge in [-0.25, -0.2) is 19.9 Å². The van der Waals surface area contributed by atoms with Crippen molar-refractivity contribution in [2.24, 2.45) is 0 Å². The number of fused-ring (bicyclic) bond motifs is 5. The predicted molar refractivity (Wildman–Crippen MR) is 258 cm³/mol. The minimum absolute atomic E-state index is 0.657. The molecule has 0 N–H and O–H groups in total. The minimum atomic E-state index is 0.657. The predicted octanol–water partition coefficient (Wildman–Crippen LogP) is 15.0. The van der Waals surface area contributed by atoms with Gasteiger partial charge in [0.05, 0.1) is 22.8 Å². The molecule has 0 aliphatic heterocycles. The normalized spacial score (nSPS) is 11.5. The molecule has 2 aromatic heterocycles. The topological polar surface area (TPSA) is 51.6 Å². The van der Waals surface area contributed by atoms with Crippen LogP contribution in [0.2, 0.25) is 0 Å². The van der Waals surface area contributed by atoms with E-state index in [0.717, 1.165) is 66.9 Å². The lowest BCUT2D eigenvalue weighted by Crippen LogP contribution is -1.98. The van der Waals surface area contributed by atoms with Gasteiger partial charge in [-0.2, -0.15) is 0 Å². The third-order valence-electron chi connectivity index (χ3n) is 12.0. The highest BCUT2D eigenvalue weighted by atomic mass is 14.9. The fourth-order valence-corrected chi connectivity index (χ4v) is 8.82. The number of hydrogen-bond donors (Lipinski definition) is 0. The number of rotatable bonds is 6. The van der Waals surface area contributed by atoms with Crippen LogP contribution < -0.4 is 0 Å². The van der Waals surface area contributed by atoms with E-state index in [1.165, 1.54) is 43.1 Å². The molecule has 0 radical (unpaired) electrons. The molecule has 0 saturated heterocycles. The fraction of sp³-hybridized carbons (Fsp3) is 0. The molecule has 0 atom stereocenters. The van der Waals surface area contributed by atoms with Gasteiger partial charge in [0.25, 0.3) is 0 Å². The van der Waals surface area contributed by atoms with Crippen LogP contribution in [0.1, 0.15) is 0 Å². The molecule has 2 heterocycles. The van der Waals surface area contributed by atoms with Gasteiger partial charge in [-0.05, 0) is 90.3 Å². The van der Waals surface area contributed by atoms with Crippen molar-refractivity contribution in [1.29, 1.82) is 0 Å². The monoisotopic (exact) mass is 788 g/mol. The van der Waals surface area contributed by atoms with Gasteiger partial charge in [0.2, 0.25) is 0 Å². The van der Waals surface area contributed by atoms with Crippen molar-refractivity contribution in [1.82, 2.24) is 19.9 Å². The summed E-state index contributed by atoms with van der Waals surface area (Å²) < 4.78 is 0. The lowest BCUT2D eigenvalue weighted by Gasteiger charge is -2.14. The van der Waals surface area contributed by atoms with Gasteiger partial charge in [0, 0.05) is 33.4 Å². The molecular formula is C58H36N4. The maximum atomic E-state index is 5.34. The zero-order chi connectivity index (χ0) is 41.0. The summed E-state index contributed by atoms with van der Waals surface area (Å²) in [6.07, 6.45) is 0. The number of benzene rings is 10. The second-order valence-electron chi connectivity index (χ2n) is 15.9. The van der Waals surface area contributed by atoms with Crippen LogP contribution in [0.15, 0.2) is 218 Å². The van der Waals surface area contributed by atoms with E-state index in [9.17, 15) is 0 Å². The van der Waals surface area contributed by atoms with Crippen LogP contribution in [0.4, 0.5) is 0 Å². The SMILES string of the molecule is c1ccc2cc(-c3cc(-c4ccc5ccccc5c4)nc(-c4cccc5c(-c6nc(-c7ccc8ccccc8c7)cc(-c7ccc8ccccc8c7)n6)cccc45)n3)ccc2c1.